The van der Waals surface area contributed by atoms with Crippen LogP contribution in [-0.2, 0) is 24.3 Å². The zero-order valence-electron chi connectivity index (χ0n) is 16.8. The second-order valence-corrected chi connectivity index (χ2v) is 9.26. The molecular formula is C19H28N2O6S. The molecule has 0 aromatic heterocycles. The number of nitrogens with zero attached hydrogens (tertiary/aromatic N) is 1. The SMILES string of the molecule is COC(=O)[C@@H](NC(=O)c1ccc(S(=O)(=O)N2C[C@@H](C)O[C@@H](C)C2)cc1)C(C)C. The van der Waals surface area contributed by atoms with Gasteiger partial charge in [0.2, 0.25) is 10.0 Å². The lowest BCUT2D eigenvalue weighted by molar-refractivity contribution is -0.144. The van der Waals surface area contributed by atoms with Crippen LogP contribution in [0.4, 0.5) is 0 Å². The number of carbonyl (C=O) groups excluding carboxylic acids is 2. The van der Waals surface area contributed by atoms with E-state index in [-0.39, 0.29) is 41.7 Å². The van der Waals surface area contributed by atoms with Crippen molar-refractivity contribution in [1.29, 1.82) is 0 Å². The fourth-order valence-electron chi connectivity index (χ4n) is 3.10. The van der Waals surface area contributed by atoms with Crippen molar-refractivity contribution in [1.82, 2.24) is 9.62 Å². The van der Waals surface area contributed by atoms with E-state index in [1.807, 2.05) is 13.8 Å². The Kier molecular flexibility index (Phi) is 7.19. The third kappa shape index (κ3) is 5.09. The van der Waals surface area contributed by atoms with Crippen molar-refractivity contribution in [3.8, 4) is 0 Å². The summed E-state index contributed by atoms with van der Waals surface area (Å²) in [5.74, 6) is -1.15. The molecular weight excluding hydrogens is 384 g/mol. The largest absolute Gasteiger partial charge is 0.467 e. The highest BCUT2D eigenvalue weighted by molar-refractivity contribution is 7.89. The summed E-state index contributed by atoms with van der Waals surface area (Å²) < 4.78 is 37.4. The molecule has 0 bridgehead atoms. The zero-order valence-corrected chi connectivity index (χ0v) is 17.7. The Hall–Kier alpha value is -1.97. The van der Waals surface area contributed by atoms with Gasteiger partial charge in [-0.3, -0.25) is 4.79 Å². The van der Waals surface area contributed by atoms with Gasteiger partial charge < -0.3 is 14.8 Å². The second-order valence-electron chi connectivity index (χ2n) is 7.32. The predicted octanol–water partition coefficient (Wildman–Crippen LogP) is 1.41. The van der Waals surface area contributed by atoms with Crippen molar-refractivity contribution in [3.63, 3.8) is 0 Å². The molecule has 0 spiro atoms. The van der Waals surface area contributed by atoms with Crippen molar-refractivity contribution in [3.05, 3.63) is 29.8 Å². The Labute approximate surface area is 166 Å². The molecule has 1 heterocycles. The number of amides is 1. The molecule has 1 saturated heterocycles. The van der Waals surface area contributed by atoms with Crippen LogP contribution in [0, 0.1) is 5.92 Å². The molecule has 1 aliphatic heterocycles. The number of carbonyl (C=O) groups is 2. The maximum Gasteiger partial charge on any atom is 0.328 e. The minimum absolute atomic E-state index is 0.110. The summed E-state index contributed by atoms with van der Waals surface area (Å²) in [5.41, 5.74) is 0.261. The number of sulfonamides is 1. The molecule has 1 N–H and O–H groups in total. The van der Waals surface area contributed by atoms with Gasteiger partial charge in [-0.15, -0.1) is 0 Å². The number of benzene rings is 1. The Morgan fingerprint density at radius 1 is 1.14 bits per heavy atom. The summed E-state index contributed by atoms with van der Waals surface area (Å²) in [4.78, 5) is 24.3. The minimum Gasteiger partial charge on any atom is -0.467 e. The first-order valence-electron chi connectivity index (χ1n) is 9.20. The first-order chi connectivity index (χ1) is 13.1. The number of esters is 1. The minimum atomic E-state index is -3.68. The van der Waals surface area contributed by atoms with Crippen LogP contribution in [0.25, 0.3) is 0 Å². The van der Waals surface area contributed by atoms with Gasteiger partial charge in [0.25, 0.3) is 5.91 Å². The van der Waals surface area contributed by atoms with Gasteiger partial charge in [-0.05, 0) is 44.0 Å². The molecule has 0 unspecified atom stereocenters. The maximum absolute atomic E-state index is 12.9. The van der Waals surface area contributed by atoms with Crippen molar-refractivity contribution < 1.29 is 27.5 Å². The van der Waals surface area contributed by atoms with E-state index in [9.17, 15) is 18.0 Å². The van der Waals surface area contributed by atoms with E-state index >= 15 is 0 Å². The average Bonchev–Trinajstić information content (AvgIpc) is 2.64. The van der Waals surface area contributed by atoms with Crippen LogP contribution < -0.4 is 5.32 Å². The Morgan fingerprint density at radius 2 is 1.68 bits per heavy atom. The van der Waals surface area contributed by atoms with Crippen LogP contribution in [0.2, 0.25) is 0 Å². The number of methoxy groups -OCH3 is 1. The standard InChI is InChI=1S/C19H28N2O6S/c1-12(2)17(19(23)26-5)20-18(22)15-6-8-16(9-7-15)28(24,25)21-10-13(3)27-14(4)11-21/h6-9,12-14,17H,10-11H2,1-5H3,(H,20,22)/t13-,14+,17-/m0/s1. The number of hydrogen-bond donors (Lipinski definition) is 1. The molecule has 2 rings (SSSR count). The van der Waals surface area contributed by atoms with E-state index < -0.39 is 27.9 Å². The lowest BCUT2D eigenvalue weighted by atomic mass is 10.0. The molecule has 8 nitrogen and oxygen atoms in total. The molecule has 1 aliphatic rings. The van der Waals surface area contributed by atoms with Crippen LogP contribution in [0.3, 0.4) is 0 Å². The van der Waals surface area contributed by atoms with E-state index in [1.165, 1.54) is 35.7 Å². The van der Waals surface area contributed by atoms with Gasteiger partial charge in [-0.2, -0.15) is 4.31 Å². The number of ether oxygens (including phenoxy) is 2. The lowest BCUT2D eigenvalue weighted by Crippen LogP contribution is -2.48. The van der Waals surface area contributed by atoms with Crippen molar-refractivity contribution in [2.24, 2.45) is 5.92 Å². The Bertz CT molecular complexity index is 796. The number of nitrogens with one attached hydrogen (secondary N) is 1. The van der Waals surface area contributed by atoms with Gasteiger partial charge >= 0.3 is 5.97 Å². The van der Waals surface area contributed by atoms with E-state index in [1.54, 1.807) is 13.8 Å². The van der Waals surface area contributed by atoms with Crippen LogP contribution in [0.15, 0.2) is 29.2 Å². The summed E-state index contributed by atoms with van der Waals surface area (Å²) >= 11 is 0. The van der Waals surface area contributed by atoms with E-state index in [4.69, 9.17) is 9.47 Å². The van der Waals surface area contributed by atoms with Crippen LogP contribution in [0.5, 0.6) is 0 Å². The van der Waals surface area contributed by atoms with Crippen LogP contribution >= 0.6 is 0 Å². The molecule has 0 aliphatic carbocycles. The fraction of sp³-hybridized carbons (Fsp3) is 0.579. The Morgan fingerprint density at radius 3 is 2.14 bits per heavy atom. The summed E-state index contributed by atoms with van der Waals surface area (Å²) in [5, 5.41) is 2.63. The normalized spacial score (nSPS) is 21.9. The number of morpholine rings is 1. The molecule has 1 aromatic carbocycles. The van der Waals surface area contributed by atoms with Crippen LogP contribution in [0.1, 0.15) is 38.1 Å². The summed E-state index contributed by atoms with van der Waals surface area (Å²) in [7, 11) is -2.42. The maximum atomic E-state index is 12.9. The molecule has 0 saturated carbocycles. The molecule has 156 valence electrons. The molecule has 0 radical (unpaired) electrons. The molecule has 3 atom stereocenters. The highest BCUT2D eigenvalue weighted by atomic mass is 32.2. The van der Waals surface area contributed by atoms with Crippen molar-refractivity contribution in [2.75, 3.05) is 20.2 Å². The molecule has 1 amide bonds. The second kappa shape index (κ2) is 9.02. The highest BCUT2D eigenvalue weighted by Crippen LogP contribution is 2.21. The number of rotatable bonds is 6. The highest BCUT2D eigenvalue weighted by Gasteiger charge is 2.32. The summed E-state index contributed by atoms with van der Waals surface area (Å²) in [6.07, 6.45) is -0.371. The van der Waals surface area contributed by atoms with Crippen LogP contribution in [-0.4, -0.2) is 63.0 Å². The fourth-order valence-corrected chi connectivity index (χ4v) is 4.69. The molecule has 28 heavy (non-hydrogen) atoms. The van der Waals surface area contributed by atoms with Crippen molar-refractivity contribution >= 4 is 21.9 Å². The smallest absolute Gasteiger partial charge is 0.328 e. The van der Waals surface area contributed by atoms with Gasteiger partial charge in [0.1, 0.15) is 6.04 Å². The molecule has 1 aromatic rings. The quantitative estimate of drug-likeness (QED) is 0.709. The molecule has 9 heteroatoms. The van der Waals surface area contributed by atoms with Crippen molar-refractivity contribution in [2.45, 2.75) is 50.8 Å². The summed E-state index contributed by atoms with van der Waals surface area (Å²) in [6, 6.07) is 4.89. The summed E-state index contributed by atoms with van der Waals surface area (Å²) in [6.45, 7) is 7.81. The first-order valence-corrected chi connectivity index (χ1v) is 10.6. The first kappa shape index (κ1) is 22.3. The third-order valence-electron chi connectivity index (χ3n) is 4.55. The topological polar surface area (TPSA) is 102 Å². The zero-order chi connectivity index (χ0) is 21.1. The van der Waals surface area contributed by atoms with Gasteiger partial charge in [0.15, 0.2) is 0 Å². The number of hydrogen-bond acceptors (Lipinski definition) is 6. The third-order valence-corrected chi connectivity index (χ3v) is 6.39. The molecule has 1 fully saturated rings. The van der Waals surface area contributed by atoms with Gasteiger partial charge in [0.05, 0.1) is 24.2 Å². The van der Waals surface area contributed by atoms with E-state index in [2.05, 4.69) is 5.32 Å². The predicted molar refractivity (Wildman–Crippen MR) is 103 cm³/mol. The Balaban J connectivity index is 2.16. The van der Waals surface area contributed by atoms with Gasteiger partial charge in [-0.25, -0.2) is 13.2 Å². The van der Waals surface area contributed by atoms with E-state index in [0.29, 0.717) is 0 Å². The van der Waals surface area contributed by atoms with Gasteiger partial charge in [-0.1, -0.05) is 13.8 Å². The van der Waals surface area contributed by atoms with E-state index in [0.717, 1.165) is 0 Å². The monoisotopic (exact) mass is 412 g/mol. The average molecular weight is 413 g/mol. The van der Waals surface area contributed by atoms with Gasteiger partial charge in [0, 0.05) is 18.7 Å². The lowest BCUT2D eigenvalue weighted by Gasteiger charge is -2.34.